The van der Waals surface area contributed by atoms with E-state index in [-0.39, 0.29) is 0 Å². The number of esters is 1. The van der Waals surface area contributed by atoms with Crippen LogP contribution >= 0.6 is 0 Å². The van der Waals surface area contributed by atoms with E-state index in [4.69, 9.17) is 9.29 Å². The Kier molecular flexibility index (Phi) is 6.75. The van der Waals surface area contributed by atoms with Crippen LogP contribution in [0.3, 0.4) is 0 Å². The number of hydrogen-bond acceptors (Lipinski definition) is 6. The van der Waals surface area contributed by atoms with Crippen molar-refractivity contribution in [1.29, 1.82) is 0 Å². The number of rotatable bonds is 6. The zero-order chi connectivity index (χ0) is 19.7. The molecule has 0 aliphatic carbocycles. The number of alkyl halides is 3. The van der Waals surface area contributed by atoms with E-state index in [0.717, 1.165) is 13.8 Å². The fourth-order valence-electron chi connectivity index (χ4n) is 1.31. The fourth-order valence-corrected chi connectivity index (χ4v) is 3.26. The lowest BCUT2D eigenvalue weighted by Crippen LogP contribution is -2.52. The SMILES string of the molecule is CC(=O)C(C)(CN(S(=O)O)S(=O)(=O)C(F)(F)F)C(=O)OC(C)(C)C. The predicted octanol–water partition coefficient (Wildman–Crippen LogP) is 1.21. The Balaban J connectivity index is 6.00. The van der Waals surface area contributed by atoms with Crippen LogP contribution < -0.4 is 0 Å². The maximum absolute atomic E-state index is 12.6. The molecular weight excluding hydrogens is 379 g/mol. The normalized spacial score (nSPS) is 17.2. The molecule has 0 saturated carbocycles. The number of Topliss-reactive ketones (excluding diaryl/α,β-unsaturated/α-hetero) is 1. The van der Waals surface area contributed by atoms with Crippen LogP contribution in [0.1, 0.15) is 34.6 Å². The van der Waals surface area contributed by atoms with Gasteiger partial charge in [0, 0.05) is 0 Å². The molecule has 2 unspecified atom stereocenters. The van der Waals surface area contributed by atoms with E-state index >= 15 is 0 Å². The molecule has 142 valence electrons. The van der Waals surface area contributed by atoms with Gasteiger partial charge in [-0.05, 0) is 34.6 Å². The maximum atomic E-state index is 12.6. The Hall–Kier alpha value is -1.05. The molecule has 0 heterocycles. The van der Waals surface area contributed by atoms with Gasteiger partial charge >= 0.3 is 21.5 Å². The first-order chi connectivity index (χ1) is 10.4. The molecule has 2 atom stereocenters. The van der Waals surface area contributed by atoms with Crippen LogP contribution in [0.2, 0.25) is 0 Å². The summed E-state index contributed by atoms with van der Waals surface area (Å²) in [6.45, 7) is 4.39. The molecular formula is C11H18F3NO7S2. The minimum atomic E-state index is -6.26. The standard InChI is InChI=1S/C11H18F3NO7S2/c1-7(16)10(5,8(17)22-9(2,3)4)6-15(23(18)19)24(20,21)11(12,13)14/h6H2,1-5H3,(H,18,19). The fraction of sp³-hybridized carbons (Fsp3) is 0.818. The summed E-state index contributed by atoms with van der Waals surface area (Å²) in [6.07, 6.45) is 0. The predicted molar refractivity (Wildman–Crippen MR) is 77.1 cm³/mol. The topological polar surface area (TPSA) is 118 Å². The number of ether oxygens (including phenoxy) is 1. The highest BCUT2D eigenvalue weighted by atomic mass is 32.3. The van der Waals surface area contributed by atoms with E-state index in [1.54, 1.807) is 0 Å². The smallest absolute Gasteiger partial charge is 0.459 e. The van der Waals surface area contributed by atoms with Crippen molar-refractivity contribution >= 4 is 33.0 Å². The van der Waals surface area contributed by atoms with E-state index in [1.165, 1.54) is 20.8 Å². The first kappa shape index (κ1) is 22.9. The second-order valence-corrected chi connectivity index (χ2v) is 9.02. The maximum Gasteiger partial charge on any atom is 0.512 e. The number of sulfonamides is 1. The van der Waals surface area contributed by atoms with Crippen LogP contribution in [0.15, 0.2) is 0 Å². The Labute approximate surface area is 139 Å². The van der Waals surface area contributed by atoms with Gasteiger partial charge in [0.1, 0.15) is 16.8 Å². The number of nitrogens with zero attached hydrogens (tertiary/aromatic N) is 1. The third-order valence-electron chi connectivity index (χ3n) is 2.81. The van der Waals surface area contributed by atoms with Crippen molar-refractivity contribution in [3.8, 4) is 0 Å². The molecule has 13 heteroatoms. The highest BCUT2D eigenvalue weighted by Gasteiger charge is 2.56. The number of carbonyl (C=O) groups is 2. The largest absolute Gasteiger partial charge is 0.512 e. The van der Waals surface area contributed by atoms with Crippen LogP contribution in [-0.4, -0.2) is 50.3 Å². The molecule has 24 heavy (non-hydrogen) atoms. The average Bonchev–Trinajstić information content (AvgIpc) is 2.30. The Bertz CT molecular complexity index is 639. The second kappa shape index (κ2) is 7.06. The molecule has 0 aliphatic rings. The van der Waals surface area contributed by atoms with E-state index in [9.17, 15) is 35.4 Å². The molecule has 0 aromatic carbocycles. The first-order valence-corrected chi connectivity index (χ1v) is 8.81. The second-order valence-electron chi connectivity index (χ2n) is 6.03. The van der Waals surface area contributed by atoms with Crippen LogP contribution in [0.4, 0.5) is 13.2 Å². The molecule has 0 amide bonds. The molecule has 1 N–H and O–H groups in total. The van der Waals surface area contributed by atoms with Gasteiger partial charge in [0.25, 0.3) is 0 Å². The van der Waals surface area contributed by atoms with Gasteiger partial charge in [-0.1, -0.05) is 3.71 Å². The average molecular weight is 397 g/mol. The summed E-state index contributed by atoms with van der Waals surface area (Å²) in [5.74, 6) is -2.36. The highest BCUT2D eigenvalue weighted by Crippen LogP contribution is 2.32. The van der Waals surface area contributed by atoms with Gasteiger partial charge in [-0.3, -0.25) is 14.1 Å². The van der Waals surface area contributed by atoms with Crippen molar-refractivity contribution in [3.05, 3.63) is 0 Å². The van der Waals surface area contributed by atoms with Crippen molar-refractivity contribution in [2.45, 2.75) is 45.7 Å². The van der Waals surface area contributed by atoms with Gasteiger partial charge in [-0.25, -0.2) is 12.6 Å². The molecule has 0 spiro atoms. The zero-order valence-corrected chi connectivity index (χ0v) is 15.1. The lowest BCUT2D eigenvalue weighted by atomic mass is 9.86. The monoisotopic (exact) mass is 397 g/mol. The summed E-state index contributed by atoms with van der Waals surface area (Å²) < 4.78 is 84.7. The number of halogens is 3. The van der Waals surface area contributed by atoms with Crippen molar-refractivity contribution in [2.24, 2.45) is 5.41 Å². The summed E-state index contributed by atoms with van der Waals surface area (Å²) in [7, 11) is -6.26. The first-order valence-electron chi connectivity index (χ1n) is 6.31. The molecule has 0 aliphatic heterocycles. The van der Waals surface area contributed by atoms with Gasteiger partial charge in [-0.2, -0.15) is 13.2 Å². The zero-order valence-electron chi connectivity index (χ0n) is 13.5. The quantitative estimate of drug-likeness (QED) is 0.407. The summed E-state index contributed by atoms with van der Waals surface area (Å²) >= 11 is -3.66. The van der Waals surface area contributed by atoms with Crippen molar-refractivity contribution in [2.75, 3.05) is 6.54 Å². The van der Waals surface area contributed by atoms with E-state index in [1.807, 2.05) is 0 Å². The van der Waals surface area contributed by atoms with E-state index in [2.05, 4.69) is 0 Å². The van der Waals surface area contributed by atoms with Crippen LogP contribution in [0.25, 0.3) is 0 Å². The van der Waals surface area contributed by atoms with Crippen molar-refractivity contribution in [1.82, 2.24) is 3.71 Å². The summed E-state index contributed by atoms with van der Waals surface area (Å²) in [6, 6.07) is 0. The summed E-state index contributed by atoms with van der Waals surface area (Å²) in [5.41, 5.74) is -9.43. The molecule has 8 nitrogen and oxygen atoms in total. The number of carbonyl (C=O) groups excluding carboxylic acids is 2. The minimum Gasteiger partial charge on any atom is -0.459 e. The Morgan fingerprint density at radius 3 is 1.83 bits per heavy atom. The third-order valence-corrected chi connectivity index (χ3v) is 5.51. The minimum absolute atomic E-state index is 0.822. The third kappa shape index (κ3) is 5.22. The van der Waals surface area contributed by atoms with Gasteiger partial charge in [0.05, 0.1) is 6.54 Å². The van der Waals surface area contributed by atoms with Crippen molar-refractivity contribution < 1.29 is 44.7 Å². The van der Waals surface area contributed by atoms with Crippen LogP contribution in [-0.2, 0) is 35.6 Å². The Morgan fingerprint density at radius 2 is 1.58 bits per heavy atom. The molecule has 0 fully saturated rings. The molecule has 0 bridgehead atoms. The van der Waals surface area contributed by atoms with E-state index < -0.39 is 59.8 Å². The van der Waals surface area contributed by atoms with E-state index in [0.29, 0.717) is 0 Å². The number of ketones is 1. The highest BCUT2D eigenvalue weighted by molar-refractivity contribution is 7.99. The molecule has 0 rings (SSSR count). The lowest BCUT2D eigenvalue weighted by molar-refractivity contribution is -0.169. The van der Waals surface area contributed by atoms with Crippen molar-refractivity contribution in [3.63, 3.8) is 0 Å². The number of hydrogen-bond donors (Lipinski definition) is 1. The Morgan fingerprint density at radius 1 is 1.17 bits per heavy atom. The summed E-state index contributed by atoms with van der Waals surface area (Å²) in [5, 5.41) is 0. The lowest BCUT2D eigenvalue weighted by Gasteiger charge is -2.32. The van der Waals surface area contributed by atoms with Gasteiger partial charge in [0.15, 0.2) is 0 Å². The van der Waals surface area contributed by atoms with Crippen LogP contribution in [0.5, 0.6) is 0 Å². The molecule has 0 saturated heterocycles. The van der Waals surface area contributed by atoms with Gasteiger partial charge in [-0.15, -0.1) is 0 Å². The van der Waals surface area contributed by atoms with Crippen LogP contribution in [0, 0.1) is 5.41 Å². The molecule has 0 aromatic heterocycles. The van der Waals surface area contributed by atoms with Gasteiger partial charge in [0.2, 0.25) is 11.3 Å². The summed E-state index contributed by atoms with van der Waals surface area (Å²) in [4.78, 5) is 23.9. The van der Waals surface area contributed by atoms with Gasteiger partial charge < -0.3 is 4.74 Å². The molecule has 0 radical (unpaired) electrons. The molecule has 0 aromatic rings.